The molecule has 7 nitrogen and oxygen atoms in total. The number of furan rings is 1. The molecule has 4 rings (SSSR count). The second kappa shape index (κ2) is 9.68. The molecule has 0 spiro atoms. The van der Waals surface area contributed by atoms with E-state index in [1.165, 1.54) is 0 Å². The smallest absolute Gasteiger partial charge is 0.290 e. The number of rotatable bonds is 8. The quantitative estimate of drug-likeness (QED) is 0.372. The highest BCUT2D eigenvalue weighted by Crippen LogP contribution is 2.36. The van der Waals surface area contributed by atoms with Gasteiger partial charge in [-0.1, -0.05) is 30.3 Å². The Bertz CT molecular complexity index is 1070. The molecule has 2 unspecified atom stereocenters. The number of carbonyl (C=O) groups excluding carboxylic acids is 1. The van der Waals surface area contributed by atoms with Gasteiger partial charge in [-0.05, 0) is 37.1 Å². The van der Waals surface area contributed by atoms with Crippen LogP contribution in [-0.2, 0) is 14.3 Å². The molecule has 1 aliphatic rings. The molecule has 3 aromatic rings. The van der Waals surface area contributed by atoms with Crippen molar-refractivity contribution in [2.45, 2.75) is 31.5 Å². The Morgan fingerprint density at radius 2 is 1.97 bits per heavy atom. The van der Waals surface area contributed by atoms with Crippen LogP contribution in [0, 0.1) is 0 Å². The molecular formula is C24H26N2O5. The summed E-state index contributed by atoms with van der Waals surface area (Å²) in [6, 6.07) is 14.9. The molecule has 2 heterocycles. The summed E-state index contributed by atoms with van der Waals surface area (Å²) in [7, 11) is 0. The standard InChI is InChI=1S/C24H26N2O5/c25-19-8-2-3-9-20(19)26-24(28)22-13-16(14-23(31-22)29-12-6-5-11-27)18-15-30-21-10-4-1-7-17(18)21/h1-4,7-10,13,15-16,23,27H,5-6,11-12,14,25H2,(H,26,28). The van der Waals surface area contributed by atoms with Gasteiger partial charge < -0.3 is 30.0 Å². The Morgan fingerprint density at radius 3 is 2.81 bits per heavy atom. The maximum atomic E-state index is 12.9. The predicted molar refractivity (Wildman–Crippen MR) is 118 cm³/mol. The highest BCUT2D eigenvalue weighted by Gasteiger charge is 2.30. The molecule has 0 saturated carbocycles. The molecule has 0 aliphatic carbocycles. The Hall–Kier alpha value is -3.29. The summed E-state index contributed by atoms with van der Waals surface area (Å²) in [6.07, 6.45) is 4.86. The number of nitrogens with two attached hydrogens (primary N) is 1. The van der Waals surface area contributed by atoms with Crippen LogP contribution in [0.1, 0.15) is 30.7 Å². The number of allylic oxidation sites excluding steroid dienone is 1. The normalized spacial score (nSPS) is 18.4. The zero-order chi connectivity index (χ0) is 21.6. The fourth-order valence-corrected chi connectivity index (χ4v) is 3.64. The van der Waals surface area contributed by atoms with E-state index in [1.54, 1.807) is 36.6 Å². The molecule has 0 saturated heterocycles. The molecule has 2 aromatic carbocycles. The number of anilines is 2. The number of unbranched alkanes of at least 4 members (excludes halogenated alkanes) is 1. The van der Waals surface area contributed by atoms with Crippen LogP contribution in [0.25, 0.3) is 11.0 Å². The fraction of sp³-hybridized carbons (Fsp3) is 0.292. The van der Waals surface area contributed by atoms with Gasteiger partial charge in [0.05, 0.1) is 24.2 Å². The van der Waals surface area contributed by atoms with E-state index in [2.05, 4.69) is 5.32 Å². The largest absolute Gasteiger partial charge is 0.464 e. The average molecular weight is 422 g/mol. The molecule has 7 heteroatoms. The second-order valence-corrected chi connectivity index (χ2v) is 7.45. The van der Waals surface area contributed by atoms with Gasteiger partial charge in [-0.3, -0.25) is 4.79 Å². The summed E-state index contributed by atoms with van der Waals surface area (Å²) in [4.78, 5) is 12.9. The summed E-state index contributed by atoms with van der Waals surface area (Å²) >= 11 is 0. The van der Waals surface area contributed by atoms with Crippen LogP contribution in [0.15, 0.2) is 71.0 Å². The SMILES string of the molecule is Nc1ccccc1NC(=O)C1=CC(c2coc3ccccc23)CC(OCCCCO)O1. The zero-order valence-electron chi connectivity index (χ0n) is 17.1. The lowest BCUT2D eigenvalue weighted by Gasteiger charge is -2.29. The Balaban J connectivity index is 1.58. The van der Waals surface area contributed by atoms with Crippen LogP contribution in [0.3, 0.4) is 0 Å². The van der Waals surface area contributed by atoms with Crippen molar-refractivity contribution in [3.05, 3.63) is 72.2 Å². The minimum Gasteiger partial charge on any atom is -0.464 e. The number of aliphatic hydroxyl groups excluding tert-OH is 1. The van der Waals surface area contributed by atoms with E-state index in [9.17, 15) is 4.79 Å². The third-order valence-corrected chi connectivity index (χ3v) is 5.26. The van der Waals surface area contributed by atoms with Crippen LogP contribution >= 0.6 is 0 Å². The predicted octanol–water partition coefficient (Wildman–Crippen LogP) is 4.16. The number of nitrogen functional groups attached to an aromatic ring is 1. The zero-order valence-corrected chi connectivity index (χ0v) is 17.1. The molecule has 162 valence electrons. The maximum absolute atomic E-state index is 12.9. The van der Waals surface area contributed by atoms with Crippen molar-refractivity contribution < 1.29 is 23.8 Å². The van der Waals surface area contributed by atoms with Crippen molar-refractivity contribution in [3.8, 4) is 0 Å². The highest BCUT2D eigenvalue weighted by molar-refractivity contribution is 6.04. The summed E-state index contributed by atoms with van der Waals surface area (Å²) in [5, 5.41) is 12.8. The lowest BCUT2D eigenvalue weighted by atomic mass is 9.92. The molecular weight excluding hydrogens is 396 g/mol. The molecule has 0 fully saturated rings. The Labute approximate surface area is 180 Å². The number of para-hydroxylation sites is 3. The molecule has 31 heavy (non-hydrogen) atoms. The van der Waals surface area contributed by atoms with Crippen molar-refractivity contribution in [1.82, 2.24) is 0 Å². The third kappa shape index (κ3) is 4.90. The number of carbonyl (C=O) groups is 1. The van der Waals surface area contributed by atoms with Gasteiger partial charge in [0.25, 0.3) is 5.91 Å². The molecule has 1 aromatic heterocycles. The van der Waals surface area contributed by atoms with Gasteiger partial charge in [-0.15, -0.1) is 0 Å². The van der Waals surface area contributed by atoms with E-state index in [1.807, 2.05) is 24.3 Å². The van der Waals surface area contributed by atoms with E-state index in [0.717, 1.165) is 16.5 Å². The van der Waals surface area contributed by atoms with E-state index >= 15 is 0 Å². The summed E-state index contributed by atoms with van der Waals surface area (Å²) in [5.41, 5.74) is 8.72. The lowest BCUT2D eigenvalue weighted by Crippen LogP contribution is -2.29. The Morgan fingerprint density at radius 1 is 1.16 bits per heavy atom. The third-order valence-electron chi connectivity index (χ3n) is 5.26. The number of benzene rings is 2. The van der Waals surface area contributed by atoms with Gasteiger partial charge in [0.2, 0.25) is 6.29 Å². The molecule has 1 aliphatic heterocycles. The van der Waals surface area contributed by atoms with Gasteiger partial charge in [-0.2, -0.15) is 0 Å². The van der Waals surface area contributed by atoms with Crippen LogP contribution in [-0.4, -0.2) is 30.5 Å². The first kappa shape index (κ1) is 21.0. The maximum Gasteiger partial charge on any atom is 0.290 e. The number of fused-ring (bicyclic) bond motifs is 1. The van der Waals surface area contributed by atoms with Gasteiger partial charge in [-0.25, -0.2) is 0 Å². The molecule has 2 atom stereocenters. The van der Waals surface area contributed by atoms with Crippen LogP contribution in [0.5, 0.6) is 0 Å². The lowest BCUT2D eigenvalue weighted by molar-refractivity contribution is -0.143. The number of aliphatic hydroxyl groups is 1. The first-order valence-corrected chi connectivity index (χ1v) is 10.4. The second-order valence-electron chi connectivity index (χ2n) is 7.45. The van der Waals surface area contributed by atoms with Crippen molar-refractivity contribution in [3.63, 3.8) is 0 Å². The van der Waals surface area contributed by atoms with Crippen molar-refractivity contribution in [2.75, 3.05) is 24.3 Å². The topological polar surface area (TPSA) is 107 Å². The number of nitrogens with one attached hydrogen (secondary N) is 1. The molecule has 4 N–H and O–H groups in total. The van der Waals surface area contributed by atoms with Crippen LogP contribution < -0.4 is 11.1 Å². The van der Waals surface area contributed by atoms with E-state index in [-0.39, 0.29) is 24.2 Å². The van der Waals surface area contributed by atoms with Crippen molar-refractivity contribution in [1.29, 1.82) is 0 Å². The molecule has 0 radical (unpaired) electrons. The van der Waals surface area contributed by atoms with Gasteiger partial charge in [0.15, 0.2) is 5.76 Å². The Kier molecular flexibility index (Phi) is 6.54. The number of hydrogen-bond acceptors (Lipinski definition) is 6. The highest BCUT2D eigenvalue weighted by atomic mass is 16.7. The van der Waals surface area contributed by atoms with Gasteiger partial charge in [0, 0.05) is 29.9 Å². The first-order chi connectivity index (χ1) is 15.2. The van der Waals surface area contributed by atoms with E-state index in [4.69, 9.17) is 24.7 Å². The fourth-order valence-electron chi connectivity index (χ4n) is 3.64. The van der Waals surface area contributed by atoms with Crippen LogP contribution in [0.2, 0.25) is 0 Å². The van der Waals surface area contributed by atoms with E-state index in [0.29, 0.717) is 37.2 Å². The van der Waals surface area contributed by atoms with Gasteiger partial charge in [0.1, 0.15) is 5.58 Å². The van der Waals surface area contributed by atoms with Gasteiger partial charge >= 0.3 is 0 Å². The van der Waals surface area contributed by atoms with Crippen molar-refractivity contribution >= 4 is 28.3 Å². The molecule has 0 bridgehead atoms. The minimum atomic E-state index is -0.587. The summed E-state index contributed by atoms with van der Waals surface area (Å²) < 4.78 is 17.4. The molecule has 1 amide bonds. The van der Waals surface area contributed by atoms with Crippen LogP contribution in [0.4, 0.5) is 11.4 Å². The number of amides is 1. The monoisotopic (exact) mass is 422 g/mol. The van der Waals surface area contributed by atoms with E-state index < -0.39 is 6.29 Å². The average Bonchev–Trinajstić information content (AvgIpc) is 3.22. The van der Waals surface area contributed by atoms with Crippen molar-refractivity contribution in [2.24, 2.45) is 0 Å². The summed E-state index contributed by atoms with van der Waals surface area (Å²) in [6.45, 7) is 0.551. The number of hydrogen-bond donors (Lipinski definition) is 3. The number of ether oxygens (including phenoxy) is 2. The summed E-state index contributed by atoms with van der Waals surface area (Å²) in [5.74, 6) is -0.328. The minimum absolute atomic E-state index is 0.116. The first-order valence-electron chi connectivity index (χ1n) is 10.4.